The number of ether oxygens (including phenoxy) is 1. The van der Waals surface area contributed by atoms with Crippen LogP contribution in [0.3, 0.4) is 0 Å². The molecule has 2 aromatic carbocycles. The zero-order chi connectivity index (χ0) is 16.9. The van der Waals surface area contributed by atoms with Crippen LogP contribution in [0.5, 0.6) is 5.75 Å². The highest BCUT2D eigenvalue weighted by Crippen LogP contribution is 2.21. The zero-order valence-electron chi connectivity index (χ0n) is 13.8. The first kappa shape index (κ1) is 17.0. The third-order valence-electron chi connectivity index (χ3n) is 3.74. The molecule has 122 valence electrons. The highest BCUT2D eigenvalue weighted by Gasteiger charge is 2.23. The van der Waals surface area contributed by atoms with E-state index >= 15 is 0 Å². The van der Waals surface area contributed by atoms with E-state index in [1.165, 1.54) is 0 Å². The number of aryl methyl sites for hydroxylation is 1. The minimum absolute atomic E-state index is 0.133. The van der Waals surface area contributed by atoms with E-state index < -0.39 is 5.60 Å². The molecule has 0 aromatic heterocycles. The molecule has 4 nitrogen and oxygen atoms in total. The van der Waals surface area contributed by atoms with Gasteiger partial charge in [0.2, 0.25) is 0 Å². The van der Waals surface area contributed by atoms with Gasteiger partial charge in [0.1, 0.15) is 11.4 Å². The van der Waals surface area contributed by atoms with Gasteiger partial charge in [-0.1, -0.05) is 36.4 Å². The Morgan fingerprint density at radius 1 is 1.22 bits per heavy atom. The van der Waals surface area contributed by atoms with Crippen molar-refractivity contribution in [3.63, 3.8) is 0 Å². The maximum atomic E-state index is 12.3. The number of hydrogen-bond donors (Lipinski definition) is 2. The summed E-state index contributed by atoms with van der Waals surface area (Å²) in [6.45, 7) is 6.21. The topological polar surface area (TPSA) is 58.6 Å². The molecule has 4 heteroatoms. The van der Waals surface area contributed by atoms with Crippen LogP contribution in [0.15, 0.2) is 48.5 Å². The molecule has 0 aliphatic heterocycles. The van der Waals surface area contributed by atoms with Gasteiger partial charge in [0, 0.05) is 5.56 Å². The molecule has 0 bridgehead atoms. The van der Waals surface area contributed by atoms with Crippen LogP contribution >= 0.6 is 0 Å². The molecule has 0 fully saturated rings. The van der Waals surface area contributed by atoms with E-state index in [0.717, 1.165) is 11.1 Å². The summed E-state index contributed by atoms with van der Waals surface area (Å²) in [5, 5.41) is 13.3. The van der Waals surface area contributed by atoms with Gasteiger partial charge in [-0.05, 0) is 44.0 Å². The van der Waals surface area contributed by atoms with Crippen molar-refractivity contribution in [2.45, 2.75) is 26.4 Å². The molecule has 0 saturated carbocycles. The van der Waals surface area contributed by atoms with Crippen molar-refractivity contribution in [3.8, 4) is 5.75 Å². The third-order valence-corrected chi connectivity index (χ3v) is 3.74. The molecule has 2 aromatic rings. The Balaban J connectivity index is 2.06. The number of carbonyl (C=O) groups is 1. The van der Waals surface area contributed by atoms with Gasteiger partial charge in [0.05, 0.1) is 13.2 Å². The van der Waals surface area contributed by atoms with Crippen molar-refractivity contribution in [1.29, 1.82) is 0 Å². The zero-order valence-corrected chi connectivity index (χ0v) is 13.8. The van der Waals surface area contributed by atoms with Crippen molar-refractivity contribution in [3.05, 3.63) is 65.2 Å². The average Bonchev–Trinajstić information content (AvgIpc) is 2.56. The van der Waals surface area contributed by atoms with Crippen molar-refractivity contribution in [1.82, 2.24) is 5.32 Å². The van der Waals surface area contributed by atoms with Gasteiger partial charge in [-0.15, -0.1) is 0 Å². The van der Waals surface area contributed by atoms with Crippen molar-refractivity contribution in [2.75, 3.05) is 13.2 Å². The Hall–Kier alpha value is -2.33. The fourth-order valence-corrected chi connectivity index (χ4v) is 2.31. The molecule has 23 heavy (non-hydrogen) atoms. The van der Waals surface area contributed by atoms with E-state index in [1.54, 1.807) is 19.1 Å². The molecule has 2 N–H and O–H groups in total. The van der Waals surface area contributed by atoms with Crippen molar-refractivity contribution in [2.24, 2.45) is 0 Å². The standard InChI is InChI=1S/C19H23NO3/c1-4-23-17-12-15(11-10-14(17)2)18(21)20-13-19(3,22)16-8-6-5-7-9-16/h5-12,22H,4,13H2,1-3H3,(H,20,21). The lowest BCUT2D eigenvalue weighted by atomic mass is 9.96. The minimum Gasteiger partial charge on any atom is -0.494 e. The molecular formula is C19H23NO3. The summed E-state index contributed by atoms with van der Waals surface area (Å²) in [7, 11) is 0. The SMILES string of the molecule is CCOc1cc(C(=O)NCC(C)(O)c2ccccc2)ccc1C. The maximum absolute atomic E-state index is 12.3. The van der Waals surface area contributed by atoms with E-state index in [0.29, 0.717) is 17.9 Å². The second kappa shape index (κ2) is 7.29. The molecule has 0 saturated heterocycles. The largest absolute Gasteiger partial charge is 0.494 e. The van der Waals surface area contributed by atoms with Gasteiger partial charge in [-0.3, -0.25) is 4.79 Å². The fraction of sp³-hybridized carbons (Fsp3) is 0.316. The predicted molar refractivity (Wildman–Crippen MR) is 90.7 cm³/mol. The van der Waals surface area contributed by atoms with E-state index in [2.05, 4.69) is 5.32 Å². The van der Waals surface area contributed by atoms with E-state index in [-0.39, 0.29) is 12.5 Å². The summed E-state index contributed by atoms with van der Waals surface area (Å²) in [5.74, 6) is 0.470. The summed E-state index contributed by atoms with van der Waals surface area (Å²) >= 11 is 0. The normalized spacial score (nSPS) is 13.2. The van der Waals surface area contributed by atoms with Crippen LogP contribution in [0.25, 0.3) is 0 Å². The lowest BCUT2D eigenvalue weighted by molar-refractivity contribution is 0.0526. The van der Waals surface area contributed by atoms with Crippen LogP contribution < -0.4 is 10.1 Å². The van der Waals surface area contributed by atoms with E-state index in [4.69, 9.17) is 4.74 Å². The second-order valence-corrected chi connectivity index (χ2v) is 5.74. The Morgan fingerprint density at radius 2 is 1.91 bits per heavy atom. The number of hydrogen-bond acceptors (Lipinski definition) is 3. The van der Waals surface area contributed by atoms with Gasteiger partial charge >= 0.3 is 0 Å². The summed E-state index contributed by atoms with van der Waals surface area (Å²) in [4.78, 5) is 12.3. The Bertz CT molecular complexity index is 666. The highest BCUT2D eigenvalue weighted by atomic mass is 16.5. The predicted octanol–water partition coefficient (Wildman–Crippen LogP) is 3.03. The van der Waals surface area contributed by atoms with Crippen molar-refractivity contribution < 1.29 is 14.6 Å². The molecule has 1 amide bonds. The lowest BCUT2D eigenvalue weighted by Crippen LogP contribution is -2.38. The van der Waals surface area contributed by atoms with Crippen molar-refractivity contribution >= 4 is 5.91 Å². The Kier molecular flexibility index (Phi) is 5.40. The highest BCUT2D eigenvalue weighted by molar-refractivity contribution is 5.94. The number of amides is 1. The summed E-state index contributed by atoms with van der Waals surface area (Å²) < 4.78 is 5.51. The van der Waals surface area contributed by atoms with Gasteiger partial charge in [0.15, 0.2) is 0 Å². The molecule has 0 spiro atoms. The van der Waals surface area contributed by atoms with Gasteiger partial charge in [0.25, 0.3) is 5.91 Å². The van der Waals surface area contributed by atoms with Crippen LogP contribution in [-0.2, 0) is 5.60 Å². The molecular weight excluding hydrogens is 290 g/mol. The van der Waals surface area contributed by atoms with Crippen LogP contribution in [0.1, 0.15) is 35.3 Å². The molecule has 1 atom stereocenters. The van der Waals surface area contributed by atoms with Gasteiger partial charge < -0.3 is 15.2 Å². The Labute approximate surface area is 137 Å². The van der Waals surface area contributed by atoms with E-state index in [1.807, 2.05) is 50.2 Å². The van der Waals surface area contributed by atoms with Crippen LogP contribution in [0.4, 0.5) is 0 Å². The molecule has 0 aliphatic carbocycles. The van der Waals surface area contributed by atoms with Crippen LogP contribution in [0, 0.1) is 6.92 Å². The summed E-state index contributed by atoms with van der Waals surface area (Å²) in [5.41, 5.74) is 1.14. The first-order valence-electron chi connectivity index (χ1n) is 7.73. The summed E-state index contributed by atoms with van der Waals surface area (Å²) in [6.07, 6.45) is 0. The third kappa shape index (κ3) is 4.33. The van der Waals surface area contributed by atoms with Crippen LogP contribution in [-0.4, -0.2) is 24.2 Å². The van der Waals surface area contributed by atoms with Gasteiger partial charge in [-0.25, -0.2) is 0 Å². The number of carbonyl (C=O) groups excluding carboxylic acids is 1. The van der Waals surface area contributed by atoms with E-state index in [9.17, 15) is 9.90 Å². The number of aliphatic hydroxyl groups is 1. The molecule has 2 rings (SSSR count). The first-order chi connectivity index (χ1) is 10.9. The van der Waals surface area contributed by atoms with Crippen LogP contribution in [0.2, 0.25) is 0 Å². The lowest BCUT2D eigenvalue weighted by Gasteiger charge is -2.24. The monoisotopic (exact) mass is 313 g/mol. The number of nitrogens with one attached hydrogen (secondary N) is 1. The maximum Gasteiger partial charge on any atom is 0.251 e. The fourth-order valence-electron chi connectivity index (χ4n) is 2.31. The van der Waals surface area contributed by atoms with Gasteiger partial charge in [-0.2, -0.15) is 0 Å². The number of benzene rings is 2. The molecule has 0 aliphatic rings. The molecule has 1 unspecified atom stereocenters. The first-order valence-corrected chi connectivity index (χ1v) is 7.73. The summed E-state index contributed by atoms with van der Waals surface area (Å²) in [6, 6.07) is 14.6. The second-order valence-electron chi connectivity index (χ2n) is 5.74. The average molecular weight is 313 g/mol. The smallest absolute Gasteiger partial charge is 0.251 e. The molecule has 0 radical (unpaired) electrons. The molecule has 0 heterocycles. The number of rotatable bonds is 6. The quantitative estimate of drug-likeness (QED) is 0.862. The Morgan fingerprint density at radius 3 is 2.57 bits per heavy atom. The minimum atomic E-state index is -1.12.